The van der Waals surface area contributed by atoms with Crippen LogP contribution in [0.2, 0.25) is 0 Å². The summed E-state index contributed by atoms with van der Waals surface area (Å²) >= 11 is 5.14. The summed E-state index contributed by atoms with van der Waals surface area (Å²) in [7, 11) is 1.50. The van der Waals surface area contributed by atoms with E-state index in [1.165, 1.54) is 7.11 Å². The summed E-state index contributed by atoms with van der Waals surface area (Å²) in [4.78, 5) is 0. The van der Waals surface area contributed by atoms with Crippen molar-refractivity contribution in [1.29, 1.82) is 0 Å². The molecule has 2 aromatic carbocycles. The molecule has 6 heteroatoms. The predicted octanol–water partition coefficient (Wildman–Crippen LogP) is 0.802. The zero-order valence-corrected chi connectivity index (χ0v) is 12.3. The summed E-state index contributed by atoms with van der Waals surface area (Å²) in [5.41, 5.74) is 4.28. The lowest BCUT2D eigenvalue weighted by Gasteiger charge is -2.04. The molecule has 0 atom stereocenters. The number of hydrazone groups is 1. The van der Waals surface area contributed by atoms with Gasteiger partial charge in [-0.1, -0.05) is 24.3 Å². The highest BCUT2D eigenvalue weighted by Gasteiger charge is 2.07. The third-order valence-corrected chi connectivity index (χ3v) is 2.90. The second-order valence-electron chi connectivity index (χ2n) is 4.13. The van der Waals surface area contributed by atoms with Crippen LogP contribution in [0.5, 0.6) is 11.5 Å². The molecular formula is C15H16N3O2S+. The Balaban J connectivity index is 1.95. The number of phenols is 1. The highest BCUT2D eigenvalue weighted by molar-refractivity contribution is 7.80. The first-order valence-electron chi connectivity index (χ1n) is 6.27. The molecule has 0 unspecified atom stereocenters. The molecule has 0 aliphatic carbocycles. The predicted molar refractivity (Wildman–Crippen MR) is 86.6 cm³/mol. The molecular weight excluding hydrogens is 286 g/mol. The number of anilines is 1. The number of rotatable bonds is 4. The van der Waals surface area contributed by atoms with Crippen LogP contribution in [0.3, 0.4) is 0 Å². The lowest BCUT2D eigenvalue weighted by molar-refractivity contribution is -0.499. The molecule has 108 valence electrons. The van der Waals surface area contributed by atoms with Gasteiger partial charge in [-0.05, 0) is 36.5 Å². The molecule has 0 bridgehead atoms. The number of hydrogen-bond donors (Lipinski definition) is 4. The van der Waals surface area contributed by atoms with E-state index in [-0.39, 0.29) is 5.75 Å². The van der Waals surface area contributed by atoms with E-state index in [1.54, 1.807) is 24.4 Å². The Morgan fingerprint density at radius 1 is 1.19 bits per heavy atom. The molecule has 0 saturated heterocycles. The maximum Gasteiger partial charge on any atom is 0.228 e. The molecule has 0 fully saturated rings. The average Bonchev–Trinajstić information content (AvgIpc) is 2.50. The van der Waals surface area contributed by atoms with Crippen molar-refractivity contribution in [3.05, 3.63) is 54.1 Å². The Kier molecular flexibility index (Phi) is 5.11. The Hall–Kier alpha value is -2.60. The molecule has 21 heavy (non-hydrogen) atoms. The number of methoxy groups -OCH3 is 1. The van der Waals surface area contributed by atoms with E-state index in [1.807, 2.05) is 30.3 Å². The molecule has 0 aromatic heterocycles. The molecule has 0 spiro atoms. The first-order valence-corrected chi connectivity index (χ1v) is 6.68. The molecule has 0 aliphatic heterocycles. The van der Waals surface area contributed by atoms with E-state index < -0.39 is 0 Å². The van der Waals surface area contributed by atoms with Crippen LogP contribution in [0, 0.1) is 0 Å². The van der Waals surface area contributed by atoms with Gasteiger partial charge in [0.15, 0.2) is 11.5 Å². The van der Waals surface area contributed by atoms with Crippen molar-refractivity contribution < 1.29 is 14.9 Å². The van der Waals surface area contributed by atoms with Crippen molar-refractivity contribution in [3.8, 4) is 11.5 Å². The van der Waals surface area contributed by atoms with Crippen LogP contribution in [-0.4, -0.2) is 23.5 Å². The Labute approximate surface area is 128 Å². The van der Waals surface area contributed by atoms with Gasteiger partial charge in [-0.3, -0.25) is 0 Å². The number of ether oxygens (including phenoxy) is 1. The fourth-order valence-corrected chi connectivity index (χ4v) is 1.86. The molecule has 0 saturated carbocycles. The number of hydrazine groups is 1. The summed E-state index contributed by atoms with van der Waals surface area (Å²) in [6, 6.07) is 14.8. The van der Waals surface area contributed by atoms with Crippen molar-refractivity contribution in [3.63, 3.8) is 0 Å². The molecule has 2 rings (SSSR count). The zero-order chi connectivity index (χ0) is 15.1. The Bertz CT molecular complexity index is 645. The molecule has 2 aromatic rings. The quantitative estimate of drug-likeness (QED) is 0.382. The van der Waals surface area contributed by atoms with Crippen molar-refractivity contribution >= 4 is 29.2 Å². The molecule has 0 aliphatic rings. The fraction of sp³-hybridized carbons (Fsp3) is 0.0667. The molecule has 5 nitrogen and oxygen atoms in total. The van der Waals surface area contributed by atoms with Crippen molar-refractivity contribution in [2.45, 2.75) is 0 Å². The highest BCUT2D eigenvalue weighted by Crippen LogP contribution is 2.27. The average molecular weight is 302 g/mol. The zero-order valence-electron chi connectivity index (χ0n) is 11.5. The third-order valence-electron chi connectivity index (χ3n) is 2.70. The van der Waals surface area contributed by atoms with Crippen LogP contribution in [-0.2, 0) is 0 Å². The summed E-state index contributed by atoms with van der Waals surface area (Å²) in [6.07, 6.45) is 1.59. The normalized spacial score (nSPS) is 10.3. The van der Waals surface area contributed by atoms with E-state index in [4.69, 9.17) is 17.0 Å². The largest absolute Gasteiger partial charge is 0.504 e. The third kappa shape index (κ3) is 4.19. The van der Waals surface area contributed by atoms with Crippen LogP contribution in [0.1, 0.15) is 5.56 Å². The molecule has 4 N–H and O–H groups in total. The van der Waals surface area contributed by atoms with Gasteiger partial charge in [0.1, 0.15) is 0 Å². The van der Waals surface area contributed by atoms with Crippen LogP contribution >= 0.6 is 12.2 Å². The van der Waals surface area contributed by atoms with Gasteiger partial charge in [-0.2, -0.15) is 0 Å². The summed E-state index contributed by atoms with van der Waals surface area (Å²) in [6.45, 7) is 0. The number of thiocarbonyl (C=S) groups is 1. The van der Waals surface area contributed by atoms with E-state index in [0.29, 0.717) is 16.4 Å². The van der Waals surface area contributed by atoms with Gasteiger partial charge in [0.2, 0.25) is 11.3 Å². The van der Waals surface area contributed by atoms with Gasteiger partial charge >= 0.3 is 0 Å². The summed E-state index contributed by atoms with van der Waals surface area (Å²) in [5, 5.41) is 16.2. The lowest BCUT2D eigenvalue weighted by atomic mass is 10.2. The van der Waals surface area contributed by atoms with Gasteiger partial charge in [0.25, 0.3) is 0 Å². The minimum atomic E-state index is 0.0660. The van der Waals surface area contributed by atoms with Gasteiger partial charge < -0.3 is 15.2 Å². The van der Waals surface area contributed by atoms with E-state index in [9.17, 15) is 5.11 Å². The molecule has 0 amide bonds. The smallest absolute Gasteiger partial charge is 0.228 e. The SMILES string of the molecule is COc1cccc(C=[NH+]NC(=S)Nc2ccccc2)c1O. The summed E-state index contributed by atoms with van der Waals surface area (Å²) < 4.78 is 5.04. The molecule has 0 radical (unpaired) electrons. The number of nitrogens with one attached hydrogen (secondary N) is 3. The van der Waals surface area contributed by atoms with Crippen LogP contribution in [0.4, 0.5) is 5.69 Å². The second kappa shape index (κ2) is 7.25. The van der Waals surface area contributed by atoms with Crippen LogP contribution in [0.15, 0.2) is 48.5 Å². The lowest BCUT2D eigenvalue weighted by Crippen LogP contribution is -2.82. The number of hydrogen-bond acceptors (Lipinski definition) is 3. The van der Waals surface area contributed by atoms with Gasteiger partial charge in [-0.15, -0.1) is 10.5 Å². The van der Waals surface area contributed by atoms with Gasteiger partial charge in [0.05, 0.1) is 12.7 Å². The van der Waals surface area contributed by atoms with Gasteiger partial charge in [-0.25, -0.2) is 0 Å². The maximum atomic E-state index is 9.92. The monoisotopic (exact) mass is 302 g/mol. The van der Waals surface area contributed by atoms with Crippen LogP contribution < -0.4 is 20.6 Å². The first kappa shape index (κ1) is 14.8. The van der Waals surface area contributed by atoms with E-state index >= 15 is 0 Å². The number of aromatic hydroxyl groups is 1. The number of phenolic OH excluding ortho intramolecular Hbond substituents is 1. The van der Waals surface area contributed by atoms with Crippen molar-refractivity contribution in [2.75, 3.05) is 12.4 Å². The number of para-hydroxylation sites is 2. The van der Waals surface area contributed by atoms with E-state index in [2.05, 4.69) is 15.8 Å². The van der Waals surface area contributed by atoms with E-state index in [0.717, 1.165) is 5.69 Å². The maximum absolute atomic E-state index is 9.92. The standard InChI is InChI=1S/C15H15N3O2S/c1-20-13-9-5-6-11(14(13)19)10-16-18-15(21)17-12-7-3-2-4-8-12/h2-10,19H,1H3,(H2,17,18,21)/p+1. The minimum absolute atomic E-state index is 0.0660. The summed E-state index contributed by atoms with van der Waals surface area (Å²) in [5.74, 6) is 0.478. The minimum Gasteiger partial charge on any atom is -0.504 e. The van der Waals surface area contributed by atoms with Crippen molar-refractivity contribution in [1.82, 2.24) is 5.43 Å². The first-order chi connectivity index (χ1) is 10.2. The fourth-order valence-electron chi connectivity index (χ4n) is 1.68. The van der Waals surface area contributed by atoms with Crippen molar-refractivity contribution in [2.24, 2.45) is 0 Å². The second-order valence-corrected chi connectivity index (χ2v) is 4.54. The number of benzene rings is 2. The Morgan fingerprint density at radius 2 is 1.95 bits per heavy atom. The van der Waals surface area contributed by atoms with Crippen LogP contribution in [0.25, 0.3) is 0 Å². The van der Waals surface area contributed by atoms with Gasteiger partial charge in [0, 0.05) is 5.69 Å². The Morgan fingerprint density at radius 3 is 2.67 bits per heavy atom. The topological polar surface area (TPSA) is 67.5 Å². The molecule has 0 heterocycles. The highest BCUT2D eigenvalue weighted by atomic mass is 32.1.